The van der Waals surface area contributed by atoms with E-state index < -0.39 is 0 Å². The molecule has 1 aromatic carbocycles. The van der Waals surface area contributed by atoms with E-state index in [4.69, 9.17) is 21.1 Å². The molecule has 0 radical (unpaired) electrons. The van der Waals surface area contributed by atoms with Gasteiger partial charge < -0.3 is 9.47 Å². The summed E-state index contributed by atoms with van der Waals surface area (Å²) in [5.74, 6) is 0.624. The van der Waals surface area contributed by atoms with E-state index in [0.717, 1.165) is 4.47 Å². The van der Waals surface area contributed by atoms with Crippen molar-refractivity contribution in [2.24, 2.45) is 0 Å². The minimum absolute atomic E-state index is 0.293. The van der Waals surface area contributed by atoms with Gasteiger partial charge in [0.05, 0.1) is 5.02 Å². The van der Waals surface area contributed by atoms with Crippen LogP contribution >= 0.6 is 27.5 Å². The van der Waals surface area contributed by atoms with Gasteiger partial charge in [0.1, 0.15) is 5.75 Å². The average molecular weight is 266 g/mol. The zero-order valence-corrected chi connectivity index (χ0v) is 9.72. The second kappa shape index (κ2) is 4.84. The van der Waals surface area contributed by atoms with Crippen LogP contribution in [0.25, 0.3) is 0 Å². The third-order valence-corrected chi connectivity index (χ3v) is 2.31. The molecule has 0 amide bonds. The van der Waals surface area contributed by atoms with E-state index >= 15 is 0 Å². The van der Waals surface area contributed by atoms with Crippen molar-refractivity contribution >= 4 is 27.5 Å². The molecular formula is C9H10BrClO2. The van der Waals surface area contributed by atoms with Gasteiger partial charge in [-0.05, 0) is 25.1 Å². The van der Waals surface area contributed by atoms with Crippen LogP contribution in [0.3, 0.4) is 0 Å². The van der Waals surface area contributed by atoms with Crippen molar-refractivity contribution in [3.63, 3.8) is 0 Å². The number of ether oxygens (including phenoxy) is 2. The molecule has 0 fully saturated rings. The predicted octanol–water partition coefficient (Wildman–Crippen LogP) is 3.47. The summed E-state index contributed by atoms with van der Waals surface area (Å²) in [5, 5.41) is 0.568. The minimum Gasteiger partial charge on any atom is -0.464 e. The van der Waals surface area contributed by atoms with Crippen LogP contribution in [0.5, 0.6) is 5.75 Å². The molecule has 0 bridgehead atoms. The van der Waals surface area contributed by atoms with Crippen LogP contribution in [0.15, 0.2) is 22.7 Å². The Hall–Kier alpha value is -0.250. The molecule has 1 atom stereocenters. The van der Waals surface area contributed by atoms with Crippen molar-refractivity contribution in [1.82, 2.24) is 0 Å². The lowest BCUT2D eigenvalue weighted by molar-refractivity contribution is -0.0382. The van der Waals surface area contributed by atoms with E-state index in [9.17, 15) is 0 Å². The molecule has 0 spiro atoms. The van der Waals surface area contributed by atoms with Gasteiger partial charge in [0.2, 0.25) is 0 Å². The fourth-order valence-corrected chi connectivity index (χ4v) is 1.52. The van der Waals surface area contributed by atoms with Gasteiger partial charge in [-0.3, -0.25) is 0 Å². The summed E-state index contributed by atoms with van der Waals surface area (Å²) in [5.41, 5.74) is 0. The largest absolute Gasteiger partial charge is 0.464 e. The molecule has 1 rings (SSSR count). The van der Waals surface area contributed by atoms with E-state index in [0.29, 0.717) is 10.8 Å². The Morgan fingerprint density at radius 1 is 1.46 bits per heavy atom. The summed E-state index contributed by atoms with van der Waals surface area (Å²) in [6.45, 7) is 1.80. The molecule has 0 saturated heterocycles. The number of rotatable bonds is 3. The molecule has 1 aromatic rings. The van der Waals surface area contributed by atoms with Crippen molar-refractivity contribution in [2.45, 2.75) is 13.2 Å². The molecule has 72 valence electrons. The molecule has 0 aliphatic carbocycles. The fraction of sp³-hybridized carbons (Fsp3) is 0.333. The Kier molecular flexibility index (Phi) is 4.03. The highest BCUT2D eigenvalue weighted by molar-refractivity contribution is 9.10. The highest BCUT2D eigenvalue weighted by Crippen LogP contribution is 2.28. The second-order valence-electron chi connectivity index (χ2n) is 2.50. The molecule has 0 saturated carbocycles. The van der Waals surface area contributed by atoms with E-state index in [-0.39, 0.29) is 6.29 Å². The summed E-state index contributed by atoms with van der Waals surface area (Å²) in [7, 11) is 1.58. The van der Waals surface area contributed by atoms with E-state index in [1.165, 1.54) is 0 Å². The highest BCUT2D eigenvalue weighted by Gasteiger charge is 2.05. The summed E-state index contributed by atoms with van der Waals surface area (Å²) in [6.07, 6.45) is -0.293. The lowest BCUT2D eigenvalue weighted by Crippen LogP contribution is -2.13. The van der Waals surface area contributed by atoms with Gasteiger partial charge in [-0.25, -0.2) is 0 Å². The van der Waals surface area contributed by atoms with Gasteiger partial charge in [-0.2, -0.15) is 0 Å². The van der Waals surface area contributed by atoms with Crippen LogP contribution in [-0.2, 0) is 4.74 Å². The Balaban J connectivity index is 2.77. The predicted molar refractivity (Wildman–Crippen MR) is 56.3 cm³/mol. The third-order valence-electron chi connectivity index (χ3n) is 1.52. The van der Waals surface area contributed by atoms with Gasteiger partial charge in [0, 0.05) is 11.6 Å². The number of methoxy groups -OCH3 is 1. The van der Waals surface area contributed by atoms with Crippen LogP contribution in [0.1, 0.15) is 6.92 Å². The molecule has 4 heteroatoms. The second-order valence-corrected chi connectivity index (χ2v) is 3.82. The van der Waals surface area contributed by atoms with Crippen LogP contribution in [0.4, 0.5) is 0 Å². The van der Waals surface area contributed by atoms with E-state index in [1.54, 1.807) is 26.2 Å². The summed E-state index contributed by atoms with van der Waals surface area (Å²) in [4.78, 5) is 0. The monoisotopic (exact) mass is 264 g/mol. The number of benzene rings is 1. The standard InChI is InChI=1S/C9H10BrClO2/c1-6(12-2)13-9-4-3-7(10)5-8(9)11/h3-6H,1-2H3. The molecule has 2 nitrogen and oxygen atoms in total. The summed E-state index contributed by atoms with van der Waals surface area (Å²) in [6, 6.07) is 5.44. The quantitative estimate of drug-likeness (QED) is 0.779. The van der Waals surface area contributed by atoms with Gasteiger partial charge >= 0.3 is 0 Å². The SMILES string of the molecule is COC(C)Oc1ccc(Br)cc1Cl. The number of hydrogen-bond acceptors (Lipinski definition) is 2. The maximum atomic E-state index is 5.92. The molecule has 0 N–H and O–H groups in total. The average Bonchev–Trinajstić information content (AvgIpc) is 2.09. The first-order valence-electron chi connectivity index (χ1n) is 3.78. The molecule has 1 unspecified atom stereocenters. The Morgan fingerprint density at radius 2 is 2.15 bits per heavy atom. The Morgan fingerprint density at radius 3 is 2.69 bits per heavy atom. The number of hydrogen-bond donors (Lipinski definition) is 0. The molecule has 0 heterocycles. The number of halogens is 2. The molecule has 0 aliphatic rings. The van der Waals surface area contributed by atoms with E-state index in [2.05, 4.69) is 15.9 Å². The lowest BCUT2D eigenvalue weighted by Gasteiger charge is -2.13. The van der Waals surface area contributed by atoms with Crippen molar-refractivity contribution in [3.8, 4) is 5.75 Å². The molecule has 0 aromatic heterocycles. The first kappa shape index (κ1) is 10.8. The normalized spacial score (nSPS) is 12.6. The summed E-state index contributed by atoms with van der Waals surface area (Å²) >= 11 is 9.23. The summed E-state index contributed by atoms with van der Waals surface area (Å²) < 4.78 is 11.2. The van der Waals surface area contributed by atoms with Gasteiger partial charge in [-0.1, -0.05) is 27.5 Å². The first-order chi connectivity index (χ1) is 6.13. The van der Waals surface area contributed by atoms with Gasteiger partial charge in [0.15, 0.2) is 6.29 Å². The van der Waals surface area contributed by atoms with Crippen molar-refractivity contribution in [3.05, 3.63) is 27.7 Å². The zero-order valence-electron chi connectivity index (χ0n) is 7.38. The first-order valence-corrected chi connectivity index (χ1v) is 4.95. The minimum atomic E-state index is -0.293. The van der Waals surface area contributed by atoms with E-state index in [1.807, 2.05) is 6.07 Å². The maximum absolute atomic E-state index is 5.92. The third kappa shape index (κ3) is 3.18. The van der Waals surface area contributed by atoms with Crippen molar-refractivity contribution in [2.75, 3.05) is 7.11 Å². The van der Waals surface area contributed by atoms with Crippen LogP contribution in [0.2, 0.25) is 5.02 Å². The Labute approximate surface area is 90.9 Å². The van der Waals surface area contributed by atoms with Crippen LogP contribution in [-0.4, -0.2) is 13.4 Å². The zero-order chi connectivity index (χ0) is 9.84. The smallest absolute Gasteiger partial charge is 0.196 e. The van der Waals surface area contributed by atoms with Gasteiger partial charge in [-0.15, -0.1) is 0 Å². The van der Waals surface area contributed by atoms with Gasteiger partial charge in [0.25, 0.3) is 0 Å². The molecule has 13 heavy (non-hydrogen) atoms. The van der Waals surface area contributed by atoms with Crippen molar-refractivity contribution < 1.29 is 9.47 Å². The highest BCUT2D eigenvalue weighted by atomic mass is 79.9. The molecule has 0 aliphatic heterocycles. The van der Waals surface area contributed by atoms with Crippen molar-refractivity contribution in [1.29, 1.82) is 0 Å². The fourth-order valence-electron chi connectivity index (χ4n) is 0.798. The molecular weight excluding hydrogens is 255 g/mol. The van der Waals surface area contributed by atoms with Crippen LogP contribution < -0.4 is 4.74 Å². The van der Waals surface area contributed by atoms with Crippen LogP contribution in [0, 0.1) is 0 Å². The topological polar surface area (TPSA) is 18.5 Å². The maximum Gasteiger partial charge on any atom is 0.196 e. The Bertz CT molecular complexity index is 291. The lowest BCUT2D eigenvalue weighted by atomic mass is 10.3.